The van der Waals surface area contributed by atoms with Crippen LogP contribution in [0.3, 0.4) is 0 Å². The third-order valence-corrected chi connectivity index (χ3v) is 1.19. The first-order chi connectivity index (χ1) is 5.66. The maximum absolute atomic E-state index is 10.4. The Labute approximate surface area is 74.2 Å². The van der Waals surface area contributed by atoms with Crippen LogP contribution in [0, 0.1) is 0 Å². The molecule has 0 rings (SSSR count). The molecule has 0 aromatic heterocycles. The van der Waals surface area contributed by atoms with Crippen molar-refractivity contribution in [1.29, 1.82) is 0 Å². The number of carboxylic acid groups (broad SMARTS) is 1. The summed E-state index contributed by atoms with van der Waals surface area (Å²) in [6.45, 7) is 0.124. The lowest BCUT2D eigenvalue weighted by Crippen LogP contribution is -2.12. The summed E-state index contributed by atoms with van der Waals surface area (Å²) in [5.41, 5.74) is 0. The summed E-state index contributed by atoms with van der Waals surface area (Å²) < 4.78 is 8.01. The first kappa shape index (κ1) is 11.0. The maximum Gasteiger partial charge on any atom is 0.518 e. The zero-order valence-corrected chi connectivity index (χ0v) is 7.04. The molecule has 0 aliphatic rings. The zero-order valence-electron chi connectivity index (χ0n) is 6.29. The van der Waals surface area contributed by atoms with Crippen LogP contribution in [-0.4, -0.2) is 29.9 Å². The number of hydrogen-bond donors (Lipinski definition) is 1. The van der Waals surface area contributed by atoms with E-state index in [2.05, 4.69) is 9.47 Å². The lowest BCUT2D eigenvalue weighted by Gasteiger charge is -2.00. The minimum Gasteiger partial charge on any atom is -0.449 e. The summed E-state index contributed by atoms with van der Waals surface area (Å²) in [5, 5.41) is 7.94. The van der Waals surface area contributed by atoms with E-state index >= 15 is 0 Å². The van der Waals surface area contributed by atoms with Gasteiger partial charge in [-0.1, -0.05) is 0 Å². The van der Waals surface area contributed by atoms with E-state index in [4.69, 9.17) is 16.7 Å². The number of rotatable bonds is 4. The van der Waals surface area contributed by atoms with Gasteiger partial charge in [0.25, 0.3) is 0 Å². The van der Waals surface area contributed by atoms with Crippen LogP contribution < -0.4 is 0 Å². The van der Waals surface area contributed by atoms with E-state index in [-0.39, 0.29) is 6.61 Å². The second-order valence-electron chi connectivity index (χ2n) is 1.86. The quantitative estimate of drug-likeness (QED) is 0.321. The van der Waals surface area contributed by atoms with Crippen molar-refractivity contribution in [3.8, 4) is 0 Å². The second kappa shape index (κ2) is 6.72. The van der Waals surface area contributed by atoms with Crippen molar-refractivity contribution in [2.45, 2.75) is 12.8 Å². The first-order valence-corrected chi connectivity index (χ1v) is 3.83. The smallest absolute Gasteiger partial charge is 0.449 e. The summed E-state index contributed by atoms with van der Waals surface area (Å²) in [6.07, 6.45) is -1.56. The molecule has 0 amide bonds. The van der Waals surface area contributed by atoms with Crippen molar-refractivity contribution in [1.82, 2.24) is 0 Å². The van der Waals surface area contributed by atoms with Gasteiger partial charge in [-0.3, -0.25) is 0 Å². The monoisotopic (exact) mass is 196 g/mol. The molecule has 1 N–H and O–H groups in total. The molecular weight excluding hydrogens is 188 g/mol. The average Bonchev–Trinajstić information content (AvgIpc) is 1.97. The molecule has 0 heterocycles. The summed E-state index contributed by atoms with van der Waals surface area (Å²) in [5.74, 6) is 0.483. The first-order valence-electron chi connectivity index (χ1n) is 3.30. The highest BCUT2D eigenvalue weighted by Crippen LogP contribution is 1.94. The number of carbonyl (C=O) groups is 2. The van der Waals surface area contributed by atoms with Gasteiger partial charge in [-0.2, -0.15) is 0 Å². The molecular formula is C6H9ClO5. The van der Waals surface area contributed by atoms with Gasteiger partial charge >= 0.3 is 12.3 Å². The van der Waals surface area contributed by atoms with Gasteiger partial charge in [-0.15, -0.1) is 11.6 Å². The summed E-state index contributed by atoms with van der Waals surface area (Å²) >= 11 is 5.34. The van der Waals surface area contributed by atoms with E-state index in [1.807, 2.05) is 0 Å². The van der Waals surface area contributed by atoms with E-state index in [1.165, 1.54) is 0 Å². The van der Waals surface area contributed by atoms with Gasteiger partial charge in [0.15, 0.2) is 0 Å². The average molecular weight is 197 g/mol. The van der Waals surface area contributed by atoms with E-state index in [0.29, 0.717) is 18.7 Å². The molecule has 0 radical (unpaired) electrons. The van der Waals surface area contributed by atoms with E-state index in [9.17, 15) is 9.59 Å². The molecule has 0 unspecified atom stereocenters. The van der Waals surface area contributed by atoms with Gasteiger partial charge in [0.2, 0.25) is 0 Å². The topological polar surface area (TPSA) is 72.8 Å². The number of carbonyl (C=O) groups excluding carboxylic acids is 1. The number of halogens is 1. The minimum atomic E-state index is -1.67. The molecule has 12 heavy (non-hydrogen) atoms. The van der Waals surface area contributed by atoms with Crippen LogP contribution in [0.2, 0.25) is 0 Å². The van der Waals surface area contributed by atoms with Gasteiger partial charge in [0, 0.05) is 5.88 Å². The van der Waals surface area contributed by atoms with Crippen LogP contribution in [0.4, 0.5) is 9.59 Å². The SMILES string of the molecule is O=C(O)OC(=O)OCCCCCl. The molecule has 0 aliphatic carbocycles. The van der Waals surface area contributed by atoms with Crippen molar-refractivity contribution in [2.75, 3.05) is 12.5 Å². The van der Waals surface area contributed by atoms with Crippen LogP contribution in [0.1, 0.15) is 12.8 Å². The summed E-state index contributed by atoms with van der Waals surface area (Å²) in [6, 6.07) is 0. The van der Waals surface area contributed by atoms with Crippen molar-refractivity contribution in [2.24, 2.45) is 0 Å². The second-order valence-corrected chi connectivity index (χ2v) is 2.24. The largest absolute Gasteiger partial charge is 0.518 e. The normalized spacial score (nSPS) is 9.08. The molecule has 0 spiro atoms. The van der Waals surface area contributed by atoms with Gasteiger partial charge in [-0.05, 0) is 12.8 Å². The highest BCUT2D eigenvalue weighted by Gasteiger charge is 2.08. The fourth-order valence-corrected chi connectivity index (χ4v) is 0.642. The predicted molar refractivity (Wildman–Crippen MR) is 40.4 cm³/mol. The number of unbranched alkanes of at least 4 members (excludes halogenated alkanes) is 1. The Balaban J connectivity index is 3.26. The number of ether oxygens (including phenoxy) is 2. The van der Waals surface area contributed by atoms with Crippen molar-refractivity contribution in [3.63, 3.8) is 0 Å². The Kier molecular flexibility index (Phi) is 6.18. The molecule has 6 heteroatoms. The van der Waals surface area contributed by atoms with Crippen molar-refractivity contribution < 1.29 is 24.2 Å². The van der Waals surface area contributed by atoms with Gasteiger partial charge in [0.05, 0.1) is 6.61 Å². The van der Waals surface area contributed by atoms with Crippen LogP contribution in [-0.2, 0) is 9.47 Å². The highest BCUT2D eigenvalue weighted by molar-refractivity contribution is 6.17. The Bertz CT molecular complexity index is 158. The van der Waals surface area contributed by atoms with Crippen LogP contribution in [0.15, 0.2) is 0 Å². The van der Waals surface area contributed by atoms with E-state index in [0.717, 1.165) is 0 Å². The molecule has 0 aliphatic heterocycles. The Hall–Kier alpha value is -0.970. The van der Waals surface area contributed by atoms with Gasteiger partial charge in [-0.25, -0.2) is 9.59 Å². The molecule has 0 saturated carbocycles. The number of alkyl halides is 1. The third-order valence-electron chi connectivity index (χ3n) is 0.919. The molecule has 0 aromatic rings. The molecule has 0 bridgehead atoms. The molecule has 0 aromatic carbocycles. The summed E-state index contributed by atoms with van der Waals surface area (Å²) in [4.78, 5) is 20.1. The highest BCUT2D eigenvalue weighted by atomic mass is 35.5. The Morgan fingerprint density at radius 2 is 2.00 bits per heavy atom. The molecule has 70 valence electrons. The minimum absolute atomic E-state index is 0.124. The number of hydrogen-bond acceptors (Lipinski definition) is 4. The third kappa shape index (κ3) is 7.14. The van der Waals surface area contributed by atoms with E-state index < -0.39 is 12.3 Å². The maximum atomic E-state index is 10.4. The van der Waals surface area contributed by atoms with Crippen LogP contribution in [0.25, 0.3) is 0 Å². The fraction of sp³-hybridized carbons (Fsp3) is 0.667. The lowest BCUT2D eigenvalue weighted by molar-refractivity contribution is 0.0540. The predicted octanol–water partition coefficient (Wildman–Crippen LogP) is 1.84. The van der Waals surface area contributed by atoms with Gasteiger partial charge in [0.1, 0.15) is 0 Å². The van der Waals surface area contributed by atoms with E-state index in [1.54, 1.807) is 0 Å². The Morgan fingerprint density at radius 1 is 1.33 bits per heavy atom. The summed E-state index contributed by atoms with van der Waals surface area (Å²) in [7, 11) is 0. The molecule has 0 atom stereocenters. The molecule has 5 nitrogen and oxygen atoms in total. The Morgan fingerprint density at radius 3 is 2.50 bits per heavy atom. The standard InChI is InChI=1S/C6H9ClO5/c7-3-1-2-4-11-6(10)12-5(8)9/h1-4H2,(H,8,9). The van der Waals surface area contributed by atoms with Gasteiger partial charge < -0.3 is 14.6 Å². The lowest BCUT2D eigenvalue weighted by atomic mass is 10.4. The molecule has 0 saturated heterocycles. The van der Waals surface area contributed by atoms with Crippen LogP contribution >= 0.6 is 11.6 Å². The molecule has 0 fully saturated rings. The fourth-order valence-electron chi connectivity index (χ4n) is 0.453. The zero-order chi connectivity index (χ0) is 9.40. The van der Waals surface area contributed by atoms with Crippen molar-refractivity contribution >= 4 is 23.9 Å². The van der Waals surface area contributed by atoms with Crippen LogP contribution in [0.5, 0.6) is 0 Å². The van der Waals surface area contributed by atoms with Crippen molar-refractivity contribution in [3.05, 3.63) is 0 Å².